The van der Waals surface area contributed by atoms with Crippen LogP contribution in [0.25, 0.3) is 0 Å². The number of allylic oxidation sites excluding steroid dienone is 1. The van der Waals surface area contributed by atoms with E-state index in [-0.39, 0.29) is 58.3 Å². The average molecular weight is 1300 g/mol. The van der Waals surface area contributed by atoms with Gasteiger partial charge in [0, 0.05) is 6.54 Å². The largest absolute Gasteiger partial charge is 0.479 e. The Morgan fingerprint density at radius 1 is 0.589 bits per heavy atom. The number of rotatable bonds is 34. The van der Waals surface area contributed by atoms with Crippen molar-refractivity contribution >= 4 is 82.6 Å². The van der Waals surface area contributed by atoms with Crippen molar-refractivity contribution in [2.75, 3.05) is 38.7 Å². The molecule has 1 rings (SSSR count). The number of carboxylic acids is 1. The maximum absolute atomic E-state index is 14.5. The molecular weight excluding hydrogens is 1200 g/mol. The number of hydrogen-bond donors (Lipinski definition) is 18. The number of ether oxygens (including phenoxy) is 1. The van der Waals surface area contributed by atoms with Crippen LogP contribution in [0.15, 0.2) is 11.8 Å². The number of carboxylic acid groups (broad SMARTS) is 1. The summed E-state index contributed by atoms with van der Waals surface area (Å²) in [6.07, 6.45) is 4.57. The van der Waals surface area contributed by atoms with Gasteiger partial charge in [0.1, 0.15) is 54.6 Å². The molecule has 1 aliphatic heterocycles. The number of aliphatic carboxylic acids is 1. The molecule has 12 atom stereocenters. The van der Waals surface area contributed by atoms with Crippen LogP contribution in [0, 0.1) is 0 Å². The van der Waals surface area contributed by atoms with Crippen molar-refractivity contribution in [3.63, 3.8) is 0 Å². The van der Waals surface area contributed by atoms with Gasteiger partial charge in [-0.05, 0) is 78.4 Å². The number of amides is 10. The number of unbranched alkanes of at least 4 members (excludes halogenated alkanes) is 13. The Morgan fingerprint density at radius 3 is 1.61 bits per heavy atom. The van der Waals surface area contributed by atoms with Gasteiger partial charge in [0.05, 0.1) is 37.0 Å². The van der Waals surface area contributed by atoms with Crippen LogP contribution in [0.1, 0.15) is 169 Å². The van der Waals surface area contributed by atoms with E-state index in [4.69, 9.17) is 33.5 Å². The van der Waals surface area contributed by atoms with Gasteiger partial charge in [-0.25, -0.2) is 9.59 Å². The summed E-state index contributed by atoms with van der Waals surface area (Å²) in [6.45, 7) is 5.01. The summed E-state index contributed by atoms with van der Waals surface area (Å²) in [6, 6.07) is -15.4. The van der Waals surface area contributed by atoms with E-state index in [2.05, 4.69) is 49.5 Å². The Labute approximate surface area is 531 Å². The monoisotopic (exact) mass is 1300 g/mol. The van der Waals surface area contributed by atoms with Crippen LogP contribution in [0.4, 0.5) is 0 Å². The number of aliphatic hydroxyl groups is 4. The van der Waals surface area contributed by atoms with Gasteiger partial charge in [-0.15, -0.1) is 11.6 Å². The molecule has 1 fully saturated rings. The summed E-state index contributed by atoms with van der Waals surface area (Å²) in [4.78, 5) is 166. The van der Waals surface area contributed by atoms with Crippen LogP contribution in [-0.4, -0.2) is 208 Å². The molecule has 0 aromatic rings. The number of carbonyl (C=O) groups excluding carboxylic acids is 11. The van der Waals surface area contributed by atoms with Crippen LogP contribution in [0.5, 0.6) is 0 Å². The molecule has 0 unspecified atom stereocenters. The van der Waals surface area contributed by atoms with Crippen molar-refractivity contribution in [2.45, 2.75) is 242 Å². The minimum atomic E-state index is -2.82. The third-order valence-electron chi connectivity index (χ3n) is 14.6. The highest BCUT2D eigenvalue weighted by molar-refractivity contribution is 6.18. The number of nitrogens with one attached hydrogen (secondary N) is 10. The first-order valence-corrected chi connectivity index (χ1v) is 31.8. The summed E-state index contributed by atoms with van der Waals surface area (Å²) in [5.74, 6) is -16.3. The smallest absolute Gasteiger partial charge is 0.335 e. The summed E-state index contributed by atoms with van der Waals surface area (Å²) >= 11 is 5.91. The zero-order valence-electron chi connectivity index (χ0n) is 52.5. The van der Waals surface area contributed by atoms with E-state index < -0.39 is 175 Å². The number of nitrogens with two attached hydrogens (primary N) is 3. The van der Waals surface area contributed by atoms with Crippen LogP contribution < -0.4 is 70.4 Å². The fourth-order valence-electron chi connectivity index (χ4n) is 9.27. The zero-order chi connectivity index (χ0) is 67.7. The Kier molecular flexibility index (Phi) is 42.0. The van der Waals surface area contributed by atoms with Crippen molar-refractivity contribution in [2.24, 2.45) is 17.2 Å². The van der Waals surface area contributed by atoms with E-state index >= 15 is 0 Å². The van der Waals surface area contributed by atoms with Crippen molar-refractivity contribution in [3.8, 4) is 0 Å². The molecule has 1 saturated heterocycles. The number of aliphatic hydroxyl groups excluding tert-OH is 4. The Morgan fingerprint density at radius 2 is 1.09 bits per heavy atom. The summed E-state index contributed by atoms with van der Waals surface area (Å²) in [5.41, 5.74) is 16.7. The number of esters is 1. The Hall–Kier alpha value is -6.61. The molecule has 0 radical (unpaired) electrons. The fourth-order valence-corrected chi connectivity index (χ4v) is 9.44. The van der Waals surface area contributed by atoms with Gasteiger partial charge in [-0.2, -0.15) is 0 Å². The van der Waals surface area contributed by atoms with Crippen molar-refractivity contribution in [1.29, 1.82) is 0 Å². The van der Waals surface area contributed by atoms with Crippen LogP contribution >= 0.6 is 11.6 Å². The van der Waals surface area contributed by atoms with Gasteiger partial charge < -0.3 is 101 Å². The zero-order valence-corrected chi connectivity index (χ0v) is 53.2. The molecule has 21 N–H and O–H groups in total. The van der Waals surface area contributed by atoms with Crippen molar-refractivity contribution in [1.82, 2.24) is 53.2 Å². The SMILES string of the molecule is C/C=C1\NC(=O)[C@H]([C@H](C)O)NC(=O)[C@H](CCN)NC(=O)[C@H](CCCCN)NC(=O)[C@H](CC(=O)NCCCCCCC)NC(=O)[C@@H](CCN)NC(=O)[C@@H](NC(=O)C[C@H](O)CCCCCCCCCCC)COC(=O)[C@H]([C@H](O)CCl)NC(=O)[C@H]([C@H](O)C(=O)O)NC1=O. The molecule has 1 heterocycles. The second-order valence-electron chi connectivity index (χ2n) is 22.2. The van der Waals surface area contributed by atoms with Crippen molar-refractivity contribution in [3.05, 3.63) is 11.8 Å². The molecule has 0 aromatic carbocycles. The lowest BCUT2D eigenvalue weighted by Crippen LogP contribution is -2.62. The van der Waals surface area contributed by atoms with E-state index in [1.165, 1.54) is 6.92 Å². The lowest BCUT2D eigenvalue weighted by Gasteiger charge is -2.29. The van der Waals surface area contributed by atoms with Gasteiger partial charge in [0.15, 0.2) is 12.1 Å². The molecule has 0 aromatic heterocycles. The molecule has 31 nitrogen and oxygen atoms in total. The maximum atomic E-state index is 14.5. The van der Waals surface area contributed by atoms with E-state index in [0.717, 1.165) is 90.0 Å². The number of halogens is 1. The third kappa shape index (κ3) is 31.9. The summed E-state index contributed by atoms with van der Waals surface area (Å²) in [5, 5.41) is 76.2. The van der Waals surface area contributed by atoms with Gasteiger partial charge in [0.25, 0.3) is 5.91 Å². The van der Waals surface area contributed by atoms with E-state index in [0.29, 0.717) is 19.3 Å². The standard InChI is InChI=1S/C58H102ClN13O18/c1-5-8-10-12-13-14-15-16-18-22-35(74)30-44(77)64-41-33-90-58(89)46(42(75)32-59)71-56(86)47(48(78)57(87)88)72-49(79)36(7-3)65-55(85)45(34(4)73)70-52(82)39(25-28-62)67-50(80)37(23-19-20-26-60)66-53(83)40(31-43(76)63-29-21-17-11-9-6-2)69-51(81)38(24-27-61)68-54(41)84/h7,34-35,37-42,45-48,73-75,78H,5-6,8-33,60-62H2,1-4H3,(H,63,76)(H,64,77)(H,65,85)(H,66,83)(H,67,80)(H,68,84)(H,69,81)(H,70,82)(H,71,86)(H,72,79)(H,87,88)/b36-7-/t34-,35+,37-,38+,39-,40-,41-,42+,45-,46-,47-,48-/m0/s1. The number of cyclic esters (lactones) is 1. The van der Waals surface area contributed by atoms with Gasteiger partial charge in [-0.3, -0.25) is 47.9 Å². The van der Waals surface area contributed by atoms with E-state index in [1.807, 2.05) is 17.6 Å². The molecule has 0 aliphatic carbocycles. The summed E-state index contributed by atoms with van der Waals surface area (Å²) < 4.78 is 5.35. The second kappa shape index (κ2) is 46.5. The Balaban J connectivity index is 4.12. The number of alkyl halides is 1. The molecule has 10 amide bonds. The molecule has 0 saturated carbocycles. The van der Waals surface area contributed by atoms with Gasteiger partial charge in [0.2, 0.25) is 53.2 Å². The molecule has 90 heavy (non-hydrogen) atoms. The van der Waals surface area contributed by atoms with Gasteiger partial charge >= 0.3 is 11.9 Å². The third-order valence-corrected chi connectivity index (χ3v) is 14.9. The molecule has 514 valence electrons. The minimum absolute atomic E-state index is 0.138. The van der Waals surface area contributed by atoms with Gasteiger partial charge in [-0.1, -0.05) is 103 Å². The highest BCUT2D eigenvalue weighted by Crippen LogP contribution is 2.14. The highest BCUT2D eigenvalue weighted by atomic mass is 35.5. The van der Waals surface area contributed by atoms with E-state index in [9.17, 15) is 83.1 Å². The first-order valence-electron chi connectivity index (χ1n) is 31.3. The van der Waals surface area contributed by atoms with Crippen LogP contribution in [0.3, 0.4) is 0 Å². The predicted octanol–water partition coefficient (Wildman–Crippen LogP) is -3.16. The molecule has 0 bridgehead atoms. The number of hydrogen-bond acceptors (Lipinski definition) is 20. The first-order chi connectivity index (χ1) is 42.8. The quantitative estimate of drug-likeness (QED) is 0.0131. The topological polar surface area (TPSA) is 514 Å². The minimum Gasteiger partial charge on any atom is -0.479 e. The van der Waals surface area contributed by atoms with Crippen LogP contribution in [0.2, 0.25) is 0 Å². The normalized spacial score (nSPS) is 23.5. The molecule has 0 spiro atoms. The molecule has 32 heteroatoms. The van der Waals surface area contributed by atoms with Crippen molar-refractivity contribution < 1.29 is 87.8 Å². The number of carbonyl (C=O) groups is 12. The average Bonchev–Trinajstić information content (AvgIpc) is 1.19. The lowest BCUT2D eigenvalue weighted by molar-refractivity contribution is -0.155. The predicted molar refractivity (Wildman–Crippen MR) is 329 cm³/mol. The van der Waals surface area contributed by atoms with E-state index in [1.54, 1.807) is 0 Å². The first kappa shape index (κ1) is 81.4. The van der Waals surface area contributed by atoms with Crippen LogP contribution in [-0.2, 0) is 62.3 Å². The maximum Gasteiger partial charge on any atom is 0.335 e. The highest BCUT2D eigenvalue weighted by Gasteiger charge is 2.41. The lowest BCUT2D eigenvalue weighted by atomic mass is 10.0. The second-order valence-corrected chi connectivity index (χ2v) is 22.5. The molecular formula is C58H102ClN13O18. The molecule has 1 aliphatic rings. The fraction of sp³-hybridized carbons (Fsp3) is 0.759. The Bertz CT molecular complexity index is 2320. The summed E-state index contributed by atoms with van der Waals surface area (Å²) in [7, 11) is 0.